The van der Waals surface area contributed by atoms with Gasteiger partial charge in [0, 0.05) is 18.3 Å². The van der Waals surface area contributed by atoms with Crippen LogP contribution in [-0.2, 0) is 4.79 Å². The molecule has 0 saturated heterocycles. The first-order chi connectivity index (χ1) is 9.93. The summed E-state index contributed by atoms with van der Waals surface area (Å²) in [5, 5.41) is 25.2. The first-order valence-corrected chi connectivity index (χ1v) is 6.56. The predicted molar refractivity (Wildman–Crippen MR) is 78.3 cm³/mol. The highest BCUT2D eigenvalue weighted by Gasteiger charge is 2.11. The van der Waals surface area contributed by atoms with Crippen LogP contribution in [0.2, 0.25) is 0 Å². The first kappa shape index (κ1) is 16.5. The van der Waals surface area contributed by atoms with Crippen molar-refractivity contribution in [3.05, 3.63) is 23.8 Å². The lowest BCUT2D eigenvalue weighted by Crippen LogP contribution is -2.27. The zero-order valence-electron chi connectivity index (χ0n) is 12.0. The highest BCUT2D eigenvalue weighted by atomic mass is 16.3. The van der Waals surface area contributed by atoms with E-state index in [2.05, 4.69) is 15.8 Å². The molecular weight excluding hydrogens is 274 g/mol. The van der Waals surface area contributed by atoms with Crippen LogP contribution in [0.3, 0.4) is 0 Å². The molecule has 21 heavy (non-hydrogen) atoms. The van der Waals surface area contributed by atoms with Gasteiger partial charge in [0.25, 0.3) is 5.91 Å². The molecule has 0 fully saturated rings. The summed E-state index contributed by atoms with van der Waals surface area (Å²) < 4.78 is 0. The van der Waals surface area contributed by atoms with Crippen LogP contribution in [0.5, 0.6) is 11.5 Å². The van der Waals surface area contributed by atoms with E-state index in [0.717, 1.165) is 12.5 Å². The average molecular weight is 293 g/mol. The molecule has 7 heteroatoms. The van der Waals surface area contributed by atoms with Gasteiger partial charge in [-0.3, -0.25) is 9.59 Å². The Kier molecular flexibility index (Phi) is 6.19. The van der Waals surface area contributed by atoms with Crippen LogP contribution in [0, 0.1) is 0 Å². The van der Waals surface area contributed by atoms with Crippen molar-refractivity contribution < 1.29 is 19.8 Å². The Morgan fingerprint density at radius 3 is 2.62 bits per heavy atom. The molecule has 1 aromatic rings. The number of hydrogen-bond donors (Lipinski definition) is 4. The van der Waals surface area contributed by atoms with Crippen molar-refractivity contribution in [1.82, 2.24) is 10.7 Å². The van der Waals surface area contributed by atoms with Crippen LogP contribution in [0.25, 0.3) is 0 Å². The van der Waals surface area contributed by atoms with Crippen molar-refractivity contribution in [1.29, 1.82) is 0 Å². The van der Waals surface area contributed by atoms with Crippen LogP contribution in [-0.4, -0.2) is 34.3 Å². The normalized spacial score (nSPS) is 11.0. The Morgan fingerprint density at radius 1 is 1.29 bits per heavy atom. The lowest BCUT2D eigenvalue weighted by atomic mass is 10.2. The molecule has 0 radical (unpaired) electrons. The number of phenolic OH excluding ortho intramolecular Hbond substituents is 2. The van der Waals surface area contributed by atoms with Gasteiger partial charge in [-0.2, -0.15) is 5.10 Å². The second kappa shape index (κ2) is 7.88. The molecular formula is C14H19N3O4. The van der Waals surface area contributed by atoms with E-state index < -0.39 is 5.91 Å². The molecule has 0 bridgehead atoms. The molecule has 0 aliphatic heterocycles. The fourth-order valence-corrected chi connectivity index (χ4v) is 1.52. The second-order valence-corrected chi connectivity index (χ2v) is 4.52. The standard InChI is InChI=1S/C14H19N3O4/c1-3-6-15-13(20)7-9(2)16-17-14(21)11-5-4-10(18)8-12(11)19/h4-5,8,18-19H,3,6-7H2,1-2H3,(H,15,20)(H,17,21)/b16-9-. The van der Waals surface area contributed by atoms with Crippen molar-refractivity contribution >= 4 is 17.5 Å². The van der Waals surface area contributed by atoms with Gasteiger partial charge in [0.1, 0.15) is 11.5 Å². The molecule has 1 rings (SSSR count). The SMILES string of the molecule is CCCNC(=O)C/C(C)=N\NC(=O)c1ccc(O)cc1O. The maximum atomic E-state index is 11.8. The van der Waals surface area contributed by atoms with Crippen molar-refractivity contribution in [3.8, 4) is 11.5 Å². The van der Waals surface area contributed by atoms with E-state index in [9.17, 15) is 14.7 Å². The molecule has 0 aromatic heterocycles. The van der Waals surface area contributed by atoms with Crippen LogP contribution < -0.4 is 10.7 Å². The van der Waals surface area contributed by atoms with Crippen LogP contribution >= 0.6 is 0 Å². The Labute approximate surface area is 122 Å². The fourth-order valence-electron chi connectivity index (χ4n) is 1.52. The number of benzene rings is 1. The minimum atomic E-state index is -0.624. The van der Waals surface area contributed by atoms with E-state index in [1.807, 2.05) is 6.92 Å². The smallest absolute Gasteiger partial charge is 0.275 e. The Hall–Kier alpha value is -2.57. The molecule has 0 heterocycles. The zero-order valence-corrected chi connectivity index (χ0v) is 12.0. The molecule has 0 unspecified atom stereocenters. The Bertz CT molecular complexity index is 555. The van der Waals surface area contributed by atoms with Crippen LogP contribution in [0.4, 0.5) is 0 Å². The molecule has 2 amide bonds. The van der Waals surface area contributed by atoms with Crippen molar-refractivity contribution in [3.63, 3.8) is 0 Å². The van der Waals surface area contributed by atoms with E-state index in [1.165, 1.54) is 12.1 Å². The number of phenols is 2. The molecule has 7 nitrogen and oxygen atoms in total. The van der Waals surface area contributed by atoms with Gasteiger partial charge in [0.2, 0.25) is 5.91 Å². The van der Waals surface area contributed by atoms with Crippen LogP contribution in [0.15, 0.2) is 23.3 Å². The molecule has 4 N–H and O–H groups in total. The Balaban J connectivity index is 2.58. The first-order valence-electron chi connectivity index (χ1n) is 6.56. The van der Waals surface area contributed by atoms with E-state index in [0.29, 0.717) is 12.3 Å². The summed E-state index contributed by atoms with van der Waals surface area (Å²) in [5.74, 6) is -1.28. The van der Waals surface area contributed by atoms with Gasteiger partial charge in [-0.15, -0.1) is 0 Å². The minimum Gasteiger partial charge on any atom is -0.508 e. The molecule has 0 aliphatic carbocycles. The quantitative estimate of drug-likeness (QED) is 0.465. The zero-order chi connectivity index (χ0) is 15.8. The van der Waals surface area contributed by atoms with Gasteiger partial charge in [-0.25, -0.2) is 5.43 Å². The summed E-state index contributed by atoms with van der Waals surface area (Å²) in [7, 11) is 0. The minimum absolute atomic E-state index is 0.0141. The predicted octanol–water partition coefficient (Wildman–Crippen LogP) is 1.12. The lowest BCUT2D eigenvalue weighted by Gasteiger charge is -2.05. The highest BCUT2D eigenvalue weighted by molar-refractivity contribution is 6.01. The van der Waals surface area contributed by atoms with Gasteiger partial charge < -0.3 is 15.5 Å². The number of hydrazone groups is 1. The molecule has 0 atom stereocenters. The highest BCUT2D eigenvalue weighted by Crippen LogP contribution is 2.22. The molecule has 0 spiro atoms. The Morgan fingerprint density at radius 2 is 2.00 bits per heavy atom. The maximum absolute atomic E-state index is 11.8. The molecule has 0 saturated carbocycles. The van der Waals surface area contributed by atoms with Crippen molar-refractivity contribution in [2.45, 2.75) is 26.7 Å². The number of rotatable bonds is 6. The number of carbonyl (C=O) groups is 2. The molecule has 1 aromatic carbocycles. The van der Waals surface area contributed by atoms with Gasteiger partial charge in [0.05, 0.1) is 12.0 Å². The summed E-state index contributed by atoms with van der Waals surface area (Å²) >= 11 is 0. The van der Waals surface area contributed by atoms with E-state index in [-0.39, 0.29) is 29.4 Å². The van der Waals surface area contributed by atoms with E-state index >= 15 is 0 Å². The van der Waals surface area contributed by atoms with Gasteiger partial charge in [0.15, 0.2) is 0 Å². The lowest BCUT2D eigenvalue weighted by molar-refractivity contribution is -0.119. The third-order valence-corrected chi connectivity index (χ3v) is 2.56. The fraction of sp³-hybridized carbons (Fsp3) is 0.357. The number of amides is 2. The van der Waals surface area contributed by atoms with E-state index in [1.54, 1.807) is 6.92 Å². The summed E-state index contributed by atoms with van der Waals surface area (Å²) in [6, 6.07) is 3.62. The second-order valence-electron chi connectivity index (χ2n) is 4.52. The van der Waals surface area contributed by atoms with Gasteiger partial charge in [-0.1, -0.05) is 6.92 Å². The number of hydrogen-bond acceptors (Lipinski definition) is 5. The summed E-state index contributed by atoms with van der Waals surface area (Å²) in [5.41, 5.74) is 2.67. The third kappa shape index (κ3) is 5.52. The summed E-state index contributed by atoms with van der Waals surface area (Å²) in [6.45, 7) is 4.16. The molecule has 114 valence electrons. The average Bonchev–Trinajstić information content (AvgIpc) is 2.42. The number of aromatic hydroxyl groups is 2. The number of carbonyl (C=O) groups excluding carboxylic acids is 2. The number of nitrogens with one attached hydrogen (secondary N) is 2. The maximum Gasteiger partial charge on any atom is 0.275 e. The van der Waals surface area contributed by atoms with Gasteiger partial charge in [-0.05, 0) is 25.5 Å². The van der Waals surface area contributed by atoms with Crippen molar-refractivity contribution in [2.24, 2.45) is 5.10 Å². The molecule has 0 aliphatic rings. The number of nitrogens with zero attached hydrogens (tertiary/aromatic N) is 1. The largest absolute Gasteiger partial charge is 0.508 e. The topological polar surface area (TPSA) is 111 Å². The van der Waals surface area contributed by atoms with Gasteiger partial charge >= 0.3 is 0 Å². The third-order valence-electron chi connectivity index (χ3n) is 2.56. The summed E-state index contributed by atoms with van der Waals surface area (Å²) in [4.78, 5) is 23.2. The van der Waals surface area contributed by atoms with Crippen molar-refractivity contribution in [2.75, 3.05) is 6.54 Å². The monoisotopic (exact) mass is 293 g/mol. The van der Waals surface area contributed by atoms with Crippen LogP contribution in [0.1, 0.15) is 37.0 Å². The van der Waals surface area contributed by atoms with E-state index in [4.69, 9.17) is 5.11 Å². The summed E-state index contributed by atoms with van der Waals surface area (Å²) in [6.07, 6.45) is 0.931.